The van der Waals surface area contributed by atoms with Crippen molar-refractivity contribution in [3.05, 3.63) is 47.6 Å². The van der Waals surface area contributed by atoms with E-state index in [1.54, 1.807) is 6.07 Å². The first kappa shape index (κ1) is 26.5. The number of benzene rings is 2. The zero-order valence-electron chi connectivity index (χ0n) is 21.2. The fourth-order valence-electron chi connectivity index (χ4n) is 4.83. The molecule has 0 radical (unpaired) electrons. The number of carbonyl (C=O) groups is 1. The van der Waals surface area contributed by atoms with Crippen LogP contribution in [0.5, 0.6) is 17.2 Å². The SMILES string of the molecule is COc1cc(-c2oc3cc(=[OH+])cc4occc(c2[C@@H]2O[C@H](COC(C)=O)[C@@H](O)[C@H](O)[C@H]2O)c43)cc(OC)c1O. The van der Waals surface area contributed by atoms with Crippen molar-refractivity contribution in [3.63, 3.8) is 0 Å². The van der Waals surface area contributed by atoms with Crippen molar-refractivity contribution in [3.8, 4) is 28.6 Å². The van der Waals surface area contributed by atoms with Crippen molar-refractivity contribution in [2.45, 2.75) is 37.4 Å². The summed E-state index contributed by atoms with van der Waals surface area (Å²) in [6.45, 7) is 0.806. The number of phenols is 1. The van der Waals surface area contributed by atoms with E-state index in [1.807, 2.05) is 0 Å². The minimum absolute atomic E-state index is 0.0583. The van der Waals surface area contributed by atoms with Crippen molar-refractivity contribution in [2.24, 2.45) is 0 Å². The molecule has 0 aliphatic carbocycles. The van der Waals surface area contributed by atoms with Gasteiger partial charge in [0.15, 0.2) is 11.5 Å². The lowest BCUT2D eigenvalue weighted by atomic mass is 9.87. The van der Waals surface area contributed by atoms with Gasteiger partial charge in [-0.2, -0.15) is 0 Å². The van der Waals surface area contributed by atoms with E-state index in [2.05, 4.69) is 0 Å². The van der Waals surface area contributed by atoms with E-state index in [1.165, 1.54) is 51.7 Å². The van der Waals surface area contributed by atoms with Crippen LogP contribution in [0.2, 0.25) is 0 Å². The summed E-state index contributed by atoms with van der Waals surface area (Å²) >= 11 is 0. The number of aromatic hydroxyl groups is 1. The molecule has 2 aromatic carbocycles. The molecular formula is C27H27O12+. The molecule has 0 spiro atoms. The summed E-state index contributed by atoms with van der Waals surface area (Å²) in [5.74, 6) is -0.649. The molecule has 206 valence electrons. The van der Waals surface area contributed by atoms with Gasteiger partial charge in [-0.1, -0.05) is 0 Å². The minimum Gasteiger partial charge on any atom is -0.502 e. The highest BCUT2D eigenvalue weighted by Gasteiger charge is 2.46. The van der Waals surface area contributed by atoms with Crippen molar-refractivity contribution >= 4 is 27.9 Å². The van der Waals surface area contributed by atoms with E-state index in [4.69, 9.17) is 27.8 Å². The lowest BCUT2D eigenvalue weighted by molar-refractivity contribution is -0.234. The van der Waals surface area contributed by atoms with Crippen molar-refractivity contribution in [1.82, 2.24) is 0 Å². The molecule has 3 heterocycles. The minimum atomic E-state index is -1.67. The summed E-state index contributed by atoms with van der Waals surface area (Å²) in [6.07, 6.45) is -6.01. The van der Waals surface area contributed by atoms with Gasteiger partial charge in [-0.05, 0) is 18.2 Å². The number of carbonyl (C=O) groups excluding carboxylic acids is 1. The normalized spacial score (nSPS) is 23.2. The molecule has 1 aliphatic rings. The molecule has 5 rings (SSSR count). The second-order valence-electron chi connectivity index (χ2n) is 9.10. The fraction of sp³-hybridized carbons (Fsp3) is 0.333. The van der Waals surface area contributed by atoms with Gasteiger partial charge in [0, 0.05) is 23.4 Å². The van der Waals surface area contributed by atoms with Crippen LogP contribution in [-0.2, 0) is 14.3 Å². The van der Waals surface area contributed by atoms with E-state index in [9.17, 15) is 30.0 Å². The molecule has 4 aromatic rings. The van der Waals surface area contributed by atoms with E-state index >= 15 is 0 Å². The van der Waals surface area contributed by atoms with Crippen LogP contribution in [0.4, 0.5) is 0 Å². The Bertz CT molecular complexity index is 1580. The van der Waals surface area contributed by atoms with Gasteiger partial charge in [-0.3, -0.25) is 9.59 Å². The first-order chi connectivity index (χ1) is 18.6. The monoisotopic (exact) mass is 543 g/mol. The van der Waals surface area contributed by atoms with Gasteiger partial charge >= 0.3 is 11.4 Å². The third-order valence-corrected chi connectivity index (χ3v) is 6.69. The highest BCUT2D eigenvalue weighted by molar-refractivity contribution is 6.08. The number of rotatable bonds is 6. The Hall–Kier alpha value is -4.10. The molecule has 2 aromatic heterocycles. The Morgan fingerprint density at radius 2 is 1.67 bits per heavy atom. The lowest BCUT2D eigenvalue weighted by Gasteiger charge is -2.41. The summed E-state index contributed by atoms with van der Waals surface area (Å²) < 4.78 is 33.5. The van der Waals surface area contributed by atoms with Gasteiger partial charge < -0.3 is 48.2 Å². The van der Waals surface area contributed by atoms with Crippen LogP contribution < -0.4 is 14.9 Å². The van der Waals surface area contributed by atoms with Gasteiger partial charge in [-0.25, -0.2) is 0 Å². The van der Waals surface area contributed by atoms with Gasteiger partial charge in [0.1, 0.15) is 54.1 Å². The van der Waals surface area contributed by atoms with Crippen molar-refractivity contribution < 1.29 is 57.8 Å². The van der Waals surface area contributed by atoms with Crippen molar-refractivity contribution in [1.29, 1.82) is 0 Å². The second kappa shape index (κ2) is 10.2. The van der Waals surface area contributed by atoms with Gasteiger partial charge in [0.05, 0.1) is 38.0 Å². The Balaban J connectivity index is 1.81. The van der Waals surface area contributed by atoms with Crippen LogP contribution in [0.15, 0.2) is 45.4 Å². The highest BCUT2D eigenvalue weighted by Crippen LogP contribution is 2.47. The van der Waals surface area contributed by atoms with Crippen LogP contribution in [0.25, 0.3) is 33.3 Å². The molecule has 1 saturated heterocycles. The number of aliphatic hydroxyl groups is 3. The number of hydrogen-bond donors (Lipinski definition) is 4. The molecule has 5 atom stereocenters. The summed E-state index contributed by atoms with van der Waals surface area (Å²) in [5.41, 5.74) is 0.928. The standard InChI is InChI=1S/C27H26O12/c1-11(28)37-10-19-23(31)24(32)25(33)27(39-19)21-14-4-5-36-15-8-13(29)9-16(20(14)15)38-26(21)12-6-17(34-2)22(30)18(7-12)35-3/h4-9,19,23-25,27,30-33H,10H2,1-3H3/p+1/t19-,23-,24+,25-,27+/m1/s1. The maximum atomic E-state index is 11.4. The zero-order chi connectivity index (χ0) is 28.0. The number of esters is 1. The van der Waals surface area contributed by atoms with Gasteiger partial charge in [0.2, 0.25) is 5.75 Å². The third-order valence-electron chi connectivity index (χ3n) is 6.69. The van der Waals surface area contributed by atoms with Crippen LogP contribution in [0.3, 0.4) is 0 Å². The summed E-state index contributed by atoms with van der Waals surface area (Å²) in [6, 6.07) is 7.32. The zero-order valence-corrected chi connectivity index (χ0v) is 21.2. The number of ether oxygens (including phenoxy) is 4. The summed E-state index contributed by atoms with van der Waals surface area (Å²) in [7, 11) is 2.71. The number of aliphatic hydroxyl groups excluding tert-OH is 3. The first-order valence-corrected chi connectivity index (χ1v) is 11.9. The Morgan fingerprint density at radius 1 is 1.00 bits per heavy atom. The molecule has 1 aliphatic heterocycles. The summed E-state index contributed by atoms with van der Waals surface area (Å²) in [5, 5.41) is 43.8. The number of methoxy groups -OCH3 is 2. The molecule has 12 nitrogen and oxygen atoms in total. The van der Waals surface area contributed by atoms with Crippen LogP contribution >= 0.6 is 0 Å². The topological polar surface area (TPSA) is 183 Å². The van der Waals surface area contributed by atoms with E-state index in [0.717, 1.165) is 0 Å². The lowest BCUT2D eigenvalue weighted by Crippen LogP contribution is -2.55. The molecule has 0 saturated carbocycles. The quantitative estimate of drug-likeness (QED) is 0.205. The Labute approximate surface area is 220 Å². The third kappa shape index (κ3) is 4.57. The predicted octanol–water partition coefficient (Wildman–Crippen LogP) is 1.66. The molecule has 0 unspecified atom stereocenters. The second-order valence-corrected chi connectivity index (χ2v) is 9.10. The maximum absolute atomic E-state index is 11.4. The number of hydrogen-bond acceptors (Lipinski definition) is 11. The van der Waals surface area contributed by atoms with E-state index in [0.29, 0.717) is 16.3 Å². The fourth-order valence-corrected chi connectivity index (χ4v) is 4.83. The molecule has 5 N–H and O–H groups in total. The van der Waals surface area contributed by atoms with E-state index < -0.39 is 36.5 Å². The van der Waals surface area contributed by atoms with Gasteiger partial charge in [0.25, 0.3) is 0 Å². The molecule has 1 fully saturated rings. The predicted molar refractivity (Wildman–Crippen MR) is 134 cm³/mol. The van der Waals surface area contributed by atoms with Crippen LogP contribution in [0, 0.1) is 0 Å². The Kier molecular flexibility index (Phi) is 6.95. The largest absolute Gasteiger partial charge is 0.502 e. The maximum Gasteiger partial charge on any atom is 0.347 e. The first-order valence-electron chi connectivity index (χ1n) is 11.9. The smallest absolute Gasteiger partial charge is 0.347 e. The summed E-state index contributed by atoms with van der Waals surface area (Å²) in [4.78, 5) is 21.7. The molecule has 39 heavy (non-hydrogen) atoms. The average Bonchev–Trinajstić information content (AvgIpc) is 2.91. The molecule has 0 amide bonds. The van der Waals surface area contributed by atoms with Crippen molar-refractivity contribution in [2.75, 3.05) is 20.8 Å². The highest BCUT2D eigenvalue weighted by atomic mass is 16.6. The number of phenolic OH excluding ortho intramolecular Hbond substituents is 1. The molecule has 12 heteroatoms. The van der Waals surface area contributed by atoms with Crippen LogP contribution in [0.1, 0.15) is 18.6 Å². The van der Waals surface area contributed by atoms with E-state index in [-0.39, 0.29) is 51.8 Å². The van der Waals surface area contributed by atoms with Gasteiger partial charge in [-0.15, -0.1) is 0 Å². The molecule has 0 bridgehead atoms. The average molecular weight is 544 g/mol. The molecular weight excluding hydrogens is 516 g/mol. The van der Waals surface area contributed by atoms with Crippen LogP contribution in [-0.4, -0.2) is 76.4 Å². The Morgan fingerprint density at radius 3 is 2.31 bits per heavy atom.